The standard InChI is InChI=1S/C21H18ClFN6O/c22-13-9-26-21(27-10-13)28-16-7-12-8-17(16)29(11-12)20(30)18-14(3-1-4-15(18)23)19-24-5-2-6-25-19/h1-6,9-10,12,16-17H,7-8,11H2,(H,26,27,28)/t12-,16-,17+/m1/s1. The van der Waals surface area contributed by atoms with E-state index >= 15 is 0 Å². The molecule has 0 radical (unpaired) electrons. The number of nitrogens with zero attached hydrogens (tertiary/aromatic N) is 5. The van der Waals surface area contributed by atoms with E-state index in [0.717, 1.165) is 12.8 Å². The molecule has 152 valence electrons. The van der Waals surface area contributed by atoms with Crippen LogP contribution in [0.2, 0.25) is 5.02 Å². The van der Waals surface area contributed by atoms with Gasteiger partial charge in [0.25, 0.3) is 5.91 Å². The Labute approximate surface area is 177 Å². The minimum atomic E-state index is -0.571. The van der Waals surface area contributed by atoms with Crippen molar-refractivity contribution in [2.24, 2.45) is 5.92 Å². The van der Waals surface area contributed by atoms with Gasteiger partial charge in [-0.25, -0.2) is 24.3 Å². The summed E-state index contributed by atoms with van der Waals surface area (Å²) in [6.45, 7) is 0.604. The first kappa shape index (κ1) is 18.9. The van der Waals surface area contributed by atoms with Crippen LogP contribution in [-0.4, -0.2) is 49.4 Å². The number of benzene rings is 1. The van der Waals surface area contributed by atoms with Gasteiger partial charge in [-0.15, -0.1) is 0 Å². The second kappa shape index (κ2) is 7.60. The van der Waals surface area contributed by atoms with Gasteiger partial charge in [0.2, 0.25) is 5.95 Å². The maximum absolute atomic E-state index is 14.8. The van der Waals surface area contributed by atoms with Crippen molar-refractivity contribution in [1.82, 2.24) is 24.8 Å². The first-order valence-corrected chi connectivity index (χ1v) is 10.1. The molecule has 1 aliphatic heterocycles. The Kier molecular flexibility index (Phi) is 4.78. The van der Waals surface area contributed by atoms with Crippen LogP contribution in [0.1, 0.15) is 23.2 Å². The molecule has 1 amide bonds. The normalized spacial score (nSPS) is 22.3. The van der Waals surface area contributed by atoms with E-state index in [-0.39, 0.29) is 23.6 Å². The largest absolute Gasteiger partial charge is 0.349 e. The summed E-state index contributed by atoms with van der Waals surface area (Å²) in [6.07, 6.45) is 7.97. The first-order valence-electron chi connectivity index (χ1n) is 9.71. The topological polar surface area (TPSA) is 83.9 Å². The van der Waals surface area contributed by atoms with Gasteiger partial charge >= 0.3 is 0 Å². The molecule has 2 aromatic heterocycles. The number of rotatable bonds is 4. The van der Waals surface area contributed by atoms with Crippen molar-refractivity contribution in [2.45, 2.75) is 24.9 Å². The minimum Gasteiger partial charge on any atom is -0.349 e. The number of nitrogens with one attached hydrogen (secondary N) is 1. The second-order valence-electron chi connectivity index (χ2n) is 7.57. The van der Waals surface area contributed by atoms with Crippen LogP contribution in [0.5, 0.6) is 0 Å². The highest BCUT2D eigenvalue weighted by atomic mass is 35.5. The Hall–Kier alpha value is -3.13. The van der Waals surface area contributed by atoms with E-state index in [1.165, 1.54) is 18.5 Å². The summed E-state index contributed by atoms with van der Waals surface area (Å²) in [7, 11) is 0. The maximum atomic E-state index is 14.8. The molecule has 2 aliphatic rings. The molecule has 5 rings (SSSR count). The van der Waals surface area contributed by atoms with Crippen molar-refractivity contribution in [1.29, 1.82) is 0 Å². The van der Waals surface area contributed by atoms with Gasteiger partial charge in [0.05, 0.1) is 29.0 Å². The lowest BCUT2D eigenvalue weighted by molar-refractivity contribution is 0.0688. The van der Waals surface area contributed by atoms with E-state index in [2.05, 4.69) is 25.3 Å². The molecule has 1 aliphatic carbocycles. The van der Waals surface area contributed by atoms with Crippen molar-refractivity contribution in [2.75, 3.05) is 11.9 Å². The molecule has 0 unspecified atom stereocenters. The minimum absolute atomic E-state index is 0.00271. The van der Waals surface area contributed by atoms with E-state index in [9.17, 15) is 9.18 Å². The van der Waals surface area contributed by atoms with Gasteiger partial charge in [0.15, 0.2) is 5.82 Å². The number of carbonyl (C=O) groups excluding carboxylic acids is 1. The van der Waals surface area contributed by atoms with Crippen LogP contribution < -0.4 is 5.32 Å². The molecule has 9 heteroatoms. The Morgan fingerprint density at radius 2 is 1.87 bits per heavy atom. The number of amides is 1. The summed E-state index contributed by atoms with van der Waals surface area (Å²) < 4.78 is 14.8. The van der Waals surface area contributed by atoms with E-state index in [0.29, 0.717) is 34.8 Å². The number of anilines is 1. The zero-order chi connectivity index (χ0) is 20.7. The molecule has 2 bridgehead atoms. The molecule has 1 saturated carbocycles. The monoisotopic (exact) mass is 424 g/mol. The van der Waals surface area contributed by atoms with Gasteiger partial charge in [-0.05, 0) is 30.9 Å². The summed E-state index contributed by atoms with van der Waals surface area (Å²) in [5.74, 6) is 0.236. The van der Waals surface area contributed by atoms with Crippen molar-refractivity contribution >= 4 is 23.5 Å². The maximum Gasteiger partial charge on any atom is 0.257 e. The average Bonchev–Trinajstić information content (AvgIpc) is 3.36. The Bertz CT molecular complexity index is 1080. The Morgan fingerprint density at radius 1 is 1.10 bits per heavy atom. The predicted molar refractivity (Wildman–Crippen MR) is 109 cm³/mol. The summed E-state index contributed by atoms with van der Waals surface area (Å²) >= 11 is 5.85. The highest BCUT2D eigenvalue weighted by Crippen LogP contribution is 2.40. The lowest BCUT2D eigenvalue weighted by Crippen LogP contribution is -2.48. The van der Waals surface area contributed by atoms with Crippen molar-refractivity contribution in [3.8, 4) is 11.4 Å². The van der Waals surface area contributed by atoms with Crippen molar-refractivity contribution in [3.63, 3.8) is 0 Å². The SMILES string of the molecule is O=C(c1c(F)cccc1-c1ncccn1)N1C[C@@H]2C[C@@H](Nc3ncc(Cl)cn3)[C@@H]1C2. The van der Waals surface area contributed by atoms with E-state index in [4.69, 9.17) is 11.6 Å². The van der Waals surface area contributed by atoms with E-state index in [1.807, 2.05) is 0 Å². The molecule has 3 atom stereocenters. The summed E-state index contributed by atoms with van der Waals surface area (Å²) in [6, 6.07) is 6.15. The van der Waals surface area contributed by atoms with Gasteiger partial charge < -0.3 is 10.2 Å². The molecule has 2 fully saturated rings. The third kappa shape index (κ3) is 3.37. The fourth-order valence-electron chi connectivity index (χ4n) is 4.48. The van der Waals surface area contributed by atoms with Crippen LogP contribution in [0.3, 0.4) is 0 Å². The molecular weight excluding hydrogens is 407 g/mol. The predicted octanol–water partition coefficient (Wildman–Crippen LogP) is 3.44. The molecule has 1 aromatic carbocycles. The number of carbonyl (C=O) groups is 1. The number of piperidine rings is 1. The number of hydrogen-bond donors (Lipinski definition) is 1. The quantitative estimate of drug-likeness (QED) is 0.690. The van der Waals surface area contributed by atoms with Crippen LogP contribution in [-0.2, 0) is 0 Å². The van der Waals surface area contributed by atoms with Crippen molar-refractivity contribution < 1.29 is 9.18 Å². The third-order valence-electron chi connectivity index (χ3n) is 5.71. The third-order valence-corrected chi connectivity index (χ3v) is 5.91. The van der Waals surface area contributed by atoms with Gasteiger partial charge in [0, 0.05) is 30.5 Å². The first-order chi connectivity index (χ1) is 14.6. The number of halogens is 2. The molecular formula is C21H18ClFN6O. The number of hydrogen-bond acceptors (Lipinski definition) is 6. The number of likely N-dealkylation sites (tertiary alicyclic amines) is 1. The van der Waals surface area contributed by atoms with Crippen LogP contribution in [0, 0.1) is 11.7 Å². The molecule has 3 aromatic rings. The lowest BCUT2D eigenvalue weighted by Gasteiger charge is -2.34. The molecule has 1 N–H and O–H groups in total. The second-order valence-corrected chi connectivity index (χ2v) is 8.01. The lowest BCUT2D eigenvalue weighted by atomic mass is 10.0. The molecule has 1 saturated heterocycles. The van der Waals surface area contributed by atoms with Gasteiger partial charge in [-0.2, -0.15) is 0 Å². The summed E-state index contributed by atoms with van der Waals surface area (Å²) in [4.78, 5) is 32.0. The van der Waals surface area contributed by atoms with Gasteiger partial charge in [-0.3, -0.25) is 4.79 Å². The summed E-state index contributed by atoms with van der Waals surface area (Å²) in [5, 5.41) is 3.76. The Morgan fingerprint density at radius 3 is 2.60 bits per heavy atom. The van der Waals surface area contributed by atoms with Crippen molar-refractivity contribution in [3.05, 3.63) is 65.5 Å². The van der Waals surface area contributed by atoms with Crippen LogP contribution >= 0.6 is 11.6 Å². The number of aromatic nitrogens is 4. The van der Waals surface area contributed by atoms with E-state index in [1.54, 1.807) is 35.5 Å². The summed E-state index contributed by atoms with van der Waals surface area (Å²) in [5.41, 5.74) is 0.409. The smallest absolute Gasteiger partial charge is 0.257 e. The fourth-order valence-corrected chi connectivity index (χ4v) is 4.57. The Balaban J connectivity index is 1.43. The van der Waals surface area contributed by atoms with Gasteiger partial charge in [-0.1, -0.05) is 23.7 Å². The van der Waals surface area contributed by atoms with Crippen LogP contribution in [0.25, 0.3) is 11.4 Å². The molecule has 7 nitrogen and oxygen atoms in total. The van der Waals surface area contributed by atoms with Crippen LogP contribution in [0.4, 0.5) is 10.3 Å². The highest BCUT2D eigenvalue weighted by Gasteiger charge is 2.48. The molecule has 0 spiro atoms. The van der Waals surface area contributed by atoms with E-state index < -0.39 is 5.82 Å². The fraction of sp³-hybridized carbons (Fsp3) is 0.286. The molecule has 30 heavy (non-hydrogen) atoms. The zero-order valence-corrected chi connectivity index (χ0v) is 16.6. The zero-order valence-electron chi connectivity index (χ0n) is 15.9. The van der Waals surface area contributed by atoms with Crippen LogP contribution in [0.15, 0.2) is 49.1 Å². The highest BCUT2D eigenvalue weighted by molar-refractivity contribution is 6.30. The van der Waals surface area contributed by atoms with Gasteiger partial charge in [0.1, 0.15) is 5.82 Å². The number of fused-ring (bicyclic) bond motifs is 2. The average molecular weight is 425 g/mol. The molecule has 3 heterocycles.